The van der Waals surface area contributed by atoms with Gasteiger partial charge >= 0.3 is 12.1 Å². The number of aromatic nitrogens is 1. The van der Waals surface area contributed by atoms with E-state index in [4.69, 9.17) is 4.74 Å². The first-order valence-corrected chi connectivity index (χ1v) is 9.22. The van der Waals surface area contributed by atoms with Gasteiger partial charge < -0.3 is 14.4 Å². The summed E-state index contributed by atoms with van der Waals surface area (Å²) in [6, 6.07) is 8.59. The number of fused-ring (bicyclic) bond motifs is 1. The van der Waals surface area contributed by atoms with Crippen LogP contribution in [0.15, 0.2) is 30.3 Å². The summed E-state index contributed by atoms with van der Waals surface area (Å²) in [5.41, 5.74) is 2.30. The van der Waals surface area contributed by atoms with Crippen molar-refractivity contribution in [2.75, 3.05) is 5.32 Å². The van der Waals surface area contributed by atoms with Crippen LogP contribution in [-0.4, -0.2) is 33.1 Å². The second kappa shape index (κ2) is 7.50. The summed E-state index contributed by atoms with van der Waals surface area (Å²) < 4.78 is 6.92. The van der Waals surface area contributed by atoms with Crippen molar-refractivity contribution in [1.29, 1.82) is 0 Å². The number of benzene rings is 1. The number of ketones is 1. The van der Waals surface area contributed by atoms with Gasteiger partial charge in [-0.25, -0.2) is 9.59 Å². The molecule has 148 valence electrons. The minimum Gasteiger partial charge on any atom is -0.477 e. The molecule has 0 saturated carbocycles. The number of aromatic carboxylic acids is 1. The Hall–Kier alpha value is -3.09. The van der Waals surface area contributed by atoms with Crippen LogP contribution < -0.4 is 5.32 Å². The minimum atomic E-state index is -1.05. The van der Waals surface area contributed by atoms with E-state index >= 15 is 0 Å². The summed E-state index contributed by atoms with van der Waals surface area (Å²) in [6.07, 6.45) is 1.34. The zero-order chi connectivity index (χ0) is 20.5. The van der Waals surface area contributed by atoms with Crippen molar-refractivity contribution >= 4 is 23.5 Å². The van der Waals surface area contributed by atoms with E-state index in [2.05, 4.69) is 5.32 Å². The molecule has 1 aromatic heterocycles. The highest BCUT2D eigenvalue weighted by molar-refractivity contribution is 6.01. The van der Waals surface area contributed by atoms with Crippen molar-refractivity contribution in [3.05, 3.63) is 52.8 Å². The van der Waals surface area contributed by atoms with E-state index in [9.17, 15) is 19.5 Å². The Balaban J connectivity index is 1.79. The molecule has 1 aromatic carbocycles. The summed E-state index contributed by atoms with van der Waals surface area (Å²) in [5, 5.41) is 12.2. The fraction of sp³-hybridized carbons (Fsp3) is 0.381. The molecule has 0 unspecified atom stereocenters. The molecule has 1 amide bonds. The molecule has 0 spiro atoms. The van der Waals surface area contributed by atoms with E-state index in [1.807, 2.05) is 12.1 Å². The van der Waals surface area contributed by atoms with Crippen molar-refractivity contribution < 1.29 is 24.2 Å². The lowest BCUT2D eigenvalue weighted by Crippen LogP contribution is -2.27. The third-order valence-corrected chi connectivity index (χ3v) is 4.49. The molecule has 2 N–H and O–H groups in total. The summed E-state index contributed by atoms with van der Waals surface area (Å²) >= 11 is 0. The molecule has 0 atom stereocenters. The predicted octanol–water partition coefficient (Wildman–Crippen LogP) is 4.10. The molecule has 3 rings (SSSR count). The van der Waals surface area contributed by atoms with Crippen LogP contribution in [-0.2, 0) is 17.7 Å². The van der Waals surface area contributed by atoms with Gasteiger partial charge in [-0.3, -0.25) is 10.1 Å². The molecule has 0 aliphatic heterocycles. The molecule has 28 heavy (non-hydrogen) atoms. The van der Waals surface area contributed by atoms with E-state index in [1.54, 1.807) is 37.5 Å². The maximum Gasteiger partial charge on any atom is 0.412 e. The zero-order valence-corrected chi connectivity index (χ0v) is 16.2. The van der Waals surface area contributed by atoms with Gasteiger partial charge in [0.05, 0.1) is 0 Å². The SMILES string of the molecule is CC(C)(C)OC(=O)Nc1ccc(Cn2c(C(=O)O)cc3c2CCCC3=O)cc1. The number of nitrogens with zero attached hydrogens (tertiary/aromatic N) is 1. The van der Waals surface area contributed by atoms with Gasteiger partial charge in [-0.05, 0) is 57.4 Å². The Morgan fingerprint density at radius 3 is 2.46 bits per heavy atom. The van der Waals surface area contributed by atoms with Gasteiger partial charge in [0.1, 0.15) is 11.3 Å². The van der Waals surface area contributed by atoms with Crippen LogP contribution in [0.4, 0.5) is 10.5 Å². The Labute approximate surface area is 163 Å². The topological polar surface area (TPSA) is 97.6 Å². The average Bonchev–Trinajstić information content (AvgIpc) is 2.95. The lowest BCUT2D eigenvalue weighted by Gasteiger charge is -2.19. The van der Waals surface area contributed by atoms with Crippen LogP contribution in [0.1, 0.15) is 65.7 Å². The molecule has 1 aliphatic carbocycles. The van der Waals surface area contributed by atoms with Crippen molar-refractivity contribution in [3.8, 4) is 0 Å². The number of hydrogen-bond acceptors (Lipinski definition) is 4. The molecule has 2 aromatic rings. The van der Waals surface area contributed by atoms with E-state index in [-0.39, 0.29) is 11.5 Å². The number of hydrogen-bond donors (Lipinski definition) is 2. The smallest absolute Gasteiger partial charge is 0.412 e. The molecule has 0 bridgehead atoms. The summed E-state index contributed by atoms with van der Waals surface area (Å²) in [7, 11) is 0. The van der Waals surface area contributed by atoms with E-state index in [0.29, 0.717) is 30.6 Å². The lowest BCUT2D eigenvalue weighted by atomic mass is 9.96. The standard InChI is InChI=1S/C21H24N2O5/c1-21(2,3)28-20(27)22-14-9-7-13(8-10-14)12-23-16-5-4-6-18(24)15(16)11-17(23)19(25)26/h7-11H,4-6,12H2,1-3H3,(H,22,27)(H,25,26). The van der Waals surface area contributed by atoms with Crippen LogP contribution in [0, 0.1) is 0 Å². The number of ether oxygens (including phenoxy) is 1. The highest BCUT2D eigenvalue weighted by Gasteiger charge is 2.26. The predicted molar refractivity (Wildman–Crippen MR) is 104 cm³/mol. The van der Waals surface area contributed by atoms with Gasteiger partial charge in [-0.2, -0.15) is 0 Å². The number of amides is 1. The van der Waals surface area contributed by atoms with E-state index in [1.165, 1.54) is 6.07 Å². The number of carboxylic acids is 1. The molecule has 7 heteroatoms. The maximum absolute atomic E-state index is 12.1. The number of anilines is 1. The molecule has 0 saturated heterocycles. The van der Waals surface area contributed by atoms with E-state index in [0.717, 1.165) is 17.7 Å². The highest BCUT2D eigenvalue weighted by atomic mass is 16.6. The first-order chi connectivity index (χ1) is 13.1. The van der Waals surface area contributed by atoms with Gasteiger partial charge in [-0.15, -0.1) is 0 Å². The molecular formula is C21H24N2O5. The molecule has 0 radical (unpaired) electrons. The molecule has 0 fully saturated rings. The normalized spacial score (nSPS) is 13.8. The number of Topliss-reactive ketones (excluding diaryl/α,β-unsaturated/α-hetero) is 1. The first kappa shape index (κ1) is 19.7. The first-order valence-electron chi connectivity index (χ1n) is 9.22. The highest BCUT2D eigenvalue weighted by Crippen LogP contribution is 2.26. The number of carbonyl (C=O) groups excluding carboxylic acids is 2. The Kier molecular flexibility index (Phi) is 5.27. The molecule has 7 nitrogen and oxygen atoms in total. The quantitative estimate of drug-likeness (QED) is 0.827. The van der Waals surface area contributed by atoms with Crippen LogP contribution >= 0.6 is 0 Å². The second-order valence-electron chi connectivity index (χ2n) is 7.88. The minimum absolute atomic E-state index is 0.000548. The van der Waals surface area contributed by atoms with Gasteiger partial charge in [0.2, 0.25) is 0 Å². The fourth-order valence-corrected chi connectivity index (χ4v) is 3.31. The van der Waals surface area contributed by atoms with Crippen molar-refractivity contribution in [1.82, 2.24) is 4.57 Å². The third kappa shape index (κ3) is 4.42. The summed E-state index contributed by atoms with van der Waals surface area (Å²) in [4.78, 5) is 35.6. The van der Waals surface area contributed by atoms with Crippen molar-refractivity contribution in [2.24, 2.45) is 0 Å². The number of nitrogens with one attached hydrogen (secondary N) is 1. The Morgan fingerprint density at radius 2 is 1.86 bits per heavy atom. The largest absolute Gasteiger partial charge is 0.477 e. The van der Waals surface area contributed by atoms with Crippen LogP contribution in [0.25, 0.3) is 0 Å². The van der Waals surface area contributed by atoms with Gasteiger partial charge in [-0.1, -0.05) is 12.1 Å². The zero-order valence-electron chi connectivity index (χ0n) is 16.2. The maximum atomic E-state index is 12.1. The number of carbonyl (C=O) groups is 3. The average molecular weight is 384 g/mol. The lowest BCUT2D eigenvalue weighted by molar-refractivity contribution is 0.0633. The van der Waals surface area contributed by atoms with Crippen molar-refractivity contribution in [2.45, 2.75) is 52.2 Å². The van der Waals surface area contributed by atoms with Gasteiger partial charge in [0.25, 0.3) is 0 Å². The van der Waals surface area contributed by atoms with Gasteiger partial charge in [0.15, 0.2) is 5.78 Å². The third-order valence-electron chi connectivity index (χ3n) is 4.49. The van der Waals surface area contributed by atoms with Gasteiger partial charge in [0, 0.05) is 29.9 Å². The number of rotatable bonds is 4. The molecule has 1 heterocycles. The fourth-order valence-electron chi connectivity index (χ4n) is 3.31. The summed E-state index contributed by atoms with van der Waals surface area (Å²) in [6.45, 7) is 5.71. The van der Waals surface area contributed by atoms with Crippen LogP contribution in [0.3, 0.4) is 0 Å². The molecular weight excluding hydrogens is 360 g/mol. The van der Waals surface area contributed by atoms with Crippen molar-refractivity contribution in [3.63, 3.8) is 0 Å². The number of carboxylic acid groups (broad SMARTS) is 1. The molecule has 1 aliphatic rings. The van der Waals surface area contributed by atoms with E-state index < -0.39 is 17.7 Å². The van der Waals surface area contributed by atoms with Crippen LogP contribution in [0.2, 0.25) is 0 Å². The van der Waals surface area contributed by atoms with Crippen LogP contribution in [0.5, 0.6) is 0 Å². The second-order valence-corrected chi connectivity index (χ2v) is 7.88. The Bertz CT molecular complexity index is 920. The Morgan fingerprint density at radius 1 is 1.18 bits per heavy atom. The monoisotopic (exact) mass is 384 g/mol. The summed E-state index contributed by atoms with van der Waals surface area (Å²) in [5.74, 6) is -1.05.